The lowest BCUT2D eigenvalue weighted by Gasteiger charge is -2.07. The van der Waals surface area contributed by atoms with Crippen LogP contribution in [0.4, 0.5) is 8.78 Å². The number of rotatable bonds is 2. The molecule has 0 saturated heterocycles. The molecule has 0 N–H and O–H groups in total. The van der Waals surface area contributed by atoms with Gasteiger partial charge in [-0.05, 0) is 29.8 Å². The molecule has 0 aliphatic heterocycles. The van der Waals surface area contributed by atoms with Gasteiger partial charge in [0.15, 0.2) is 17.9 Å². The number of hydrogen-bond acceptors (Lipinski definition) is 1. The van der Waals surface area contributed by atoms with E-state index in [4.69, 9.17) is 23.2 Å². The van der Waals surface area contributed by atoms with Crippen LogP contribution in [0, 0.1) is 11.6 Å². The number of carbonyl (C=O) groups excluding carboxylic acids is 1. The Labute approximate surface area is 112 Å². The average molecular weight is 287 g/mol. The maximum atomic E-state index is 13.2. The molecular formula is C13H6Cl2F2O. The molecule has 0 heterocycles. The van der Waals surface area contributed by atoms with Crippen molar-refractivity contribution >= 4 is 29.5 Å². The average Bonchev–Trinajstić information content (AvgIpc) is 2.35. The molecule has 18 heavy (non-hydrogen) atoms. The van der Waals surface area contributed by atoms with Crippen molar-refractivity contribution in [1.82, 2.24) is 0 Å². The van der Waals surface area contributed by atoms with Crippen molar-refractivity contribution in [3.63, 3.8) is 0 Å². The first-order valence-electron chi connectivity index (χ1n) is 4.92. The molecule has 5 heteroatoms. The Bertz CT molecular complexity index is 627. The first-order chi connectivity index (χ1) is 8.52. The Morgan fingerprint density at radius 1 is 0.944 bits per heavy atom. The molecule has 0 amide bonds. The van der Waals surface area contributed by atoms with Crippen molar-refractivity contribution in [3.05, 3.63) is 57.6 Å². The second-order valence-corrected chi connectivity index (χ2v) is 4.41. The minimum absolute atomic E-state index is 0.0630. The van der Waals surface area contributed by atoms with E-state index in [1.165, 1.54) is 12.1 Å². The largest absolute Gasteiger partial charge is 0.298 e. The van der Waals surface area contributed by atoms with Gasteiger partial charge in [-0.1, -0.05) is 29.3 Å². The maximum Gasteiger partial charge on any atom is 0.160 e. The molecule has 1 nitrogen and oxygen atoms in total. The minimum Gasteiger partial charge on any atom is -0.298 e. The van der Waals surface area contributed by atoms with E-state index < -0.39 is 11.6 Å². The third-order valence-electron chi connectivity index (χ3n) is 2.44. The third kappa shape index (κ3) is 2.37. The molecular weight excluding hydrogens is 281 g/mol. The van der Waals surface area contributed by atoms with Crippen LogP contribution < -0.4 is 0 Å². The van der Waals surface area contributed by atoms with Crippen LogP contribution in [-0.2, 0) is 0 Å². The van der Waals surface area contributed by atoms with E-state index in [-0.39, 0.29) is 15.6 Å². The van der Waals surface area contributed by atoms with Gasteiger partial charge >= 0.3 is 0 Å². The van der Waals surface area contributed by atoms with E-state index in [2.05, 4.69) is 0 Å². The zero-order chi connectivity index (χ0) is 13.3. The number of aldehydes is 1. The van der Waals surface area contributed by atoms with Crippen molar-refractivity contribution in [2.75, 3.05) is 0 Å². The van der Waals surface area contributed by atoms with Crippen LogP contribution in [0.3, 0.4) is 0 Å². The molecule has 2 aromatic rings. The number of halogens is 4. The zero-order valence-corrected chi connectivity index (χ0v) is 10.4. The normalized spacial score (nSPS) is 10.4. The van der Waals surface area contributed by atoms with E-state index >= 15 is 0 Å². The van der Waals surface area contributed by atoms with Crippen LogP contribution in [0.5, 0.6) is 0 Å². The molecule has 0 fully saturated rings. The highest BCUT2D eigenvalue weighted by atomic mass is 35.5. The van der Waals surface area contributed by atoms with Gasteiger partial charge in [0.2, 0.25) is 0 Å². The van der Waals surface area contributed by atoms with Crippen LogP contribution in [0.15, 0.2) is 30.3 Å². The molecule has 0 aromatic heterocycles. The van der Waals surface area contributed by atoms with E-state index in [0.29, 0.717) is 17.4 Å². The summed E-state index contributed by atoms with van der Waals surface area (Å²) in [5.74, 6) is -2.02. The fraction of sp³-hybridized carbons (Fsp3) is 0. The molecule has 0 saturated carbocycles. The van der Waals surface area contributed by atoms with E-state index in [1.807, 2.05) is 0 Å². The summed E-state index contributed by atoms with van der Waals surface area (Å²) in [5.41, 5.74) is 1.05. The van der Waals surface area contributed by atoms with Gasteiger partial charge in [0, 0.05) is 11.1 Å². The molecule has 0 unspecified atom stereocenters. The highest BCUT2D eigenvalue weighted by molar-refractivity contribution is 6.34. The lowest BCUT2D eigenvalue weighted by Crippen LogP contribution is -1.89. The van der Waals surface area contributed by atoms with E-state index in [0.717, 1.165) is 12.1 Å². The quantitative estimate of drug-likeness (QED) is 0.575. The van der Waals surface area contributed by atoms with Gasteiger partial charge < -0.3 is 0 Å². The van der Waals surface area contributed by atoms with Gasteiger partial charge in [-0.15, -0.1) is 0 Å². The van der Waals surface area contributed by atoms with Crippen LogP contribution in [0.2, 0.25) is 10.0 Å². The Hall–Kier alpha value is -1.45. The Morgan fingerprint density at radius 3 is 2.28 bits per heavy atom. The Kier molecular flexibility index (Phi) is 3.64. The minimum atomic E-state index is -1.02. The molecule has 2 rings (SSSR count). The summed E-state index contributed by atoms with van der Waals surface area (Å²) in [6.07, 6.45) is 0.583. The first-order valence-corrected chi connectivity index (χ1v) is 5.68. The predicted octanol–water partition coefficient (Wildman–Crippen LogP) is 4.75. The fourth-order valence-electron chi connectivity index (χ4n) is 1.55. The summed E-state index contributed by atoms with van der Waals surface area (Å²) in [4.78, 5) is 10.8. The monoisotopic (exact) mass is 286 g/mol. The van der Waals surface area contributed by atoms with Crippen LogP contribution in [-0.4, -0.2) is 6.29 Å². The highest BCUT2D eigenvalue weighted by Crippen LogP contribution is 2.31. The Morgan fingerprint density at radius 2 is 1.61 bits per heavy atom. The van der Waals surface area contributed by atoms with Crippen molar-refractivity contribution < 1.29 is 13.6 Å². The van der Waals surface area contributed by atoms with Crippen molar-refractivity contribution in [2.45, 2.75) is 0 Å². The van der Waals surface area contributed by atoms with E-state index in [1.54, 1.807) is 6.07 Å². The number of hydrogen-bond donors (Lipinski definition) is 0. The Balaban J connectivity index is 2.62. The molecule has 0 radical (unpaired) electrons. The molecule has 0 atom stereocenters. The second-order valence-electron chi connectivity index (χ2n) is 3.60. The zero-order valence-electron chi connectivity index (χ0n) is 8.88. The number of carbonyl (C=O) groups is 1. The van der Waals surface area contributed by atoms with Gasteiger partial charge in [0.05, 0.1) is 10.0 Å². The molecule has 2 aromatic carbocycles. The van der Waals surface area contributed by atoms with Crippen molar-refractivity contribution in [1.29, 1.82) is 0 Å². The summed E-state index contributed by atoms with van der Waals surface area (Å²) in [7, 11) is 0. The van der Waals surface area contributed by atoms with Gasteiger partial charge in [-0.3, -0.25) is 4.79 Å². The molecule has 92 valence electrons. The fourth-order valence-corrected chi connectivity index (χ4v) is 1.97. The molecule has 0 bridgehead atoms. The lowest BCUT2D eigenvalue weighted by atomic mass is 10.0. The van der Waals surface area contributed by atoms with E-state index in [9.17, 15) is 13.6 Å². The molecule has 0 spiro atoms. The molecule has 0 aliphatic rings. The van der Waals surface area contributed by atoms with Crippen molar-refractivity contribution in [2.24, 2.45) is 0 Å². The molecule has 0 aliphatic carbocycles. The summed E-state index contributed by atoms with van der Waals surface area (Å²) >= 11 is 11.6. The van der Waals surface area contributed by atoms with Crippen LogP contribution >= 0.6 is 23.2 Å². The lowest BCUT2D eigenvalue weighted by molar-refractivity contribution is 0.112. The van der Waals surface area contributed by atoms with Gasteiger partial charge in [0.1, 0.15) is 0 Å². The highest BCUT2D eigenvalue weighted by Gasteiger charge is 2.11. The first kappa shape index (κ1) is 13.0. The maximum absolute atomic E-state index is 13.2. The summed E-state index contributed by atoms with van der Waals surface area (Å²) < 4.78 is 26.1. The summed E-state index contributed by atoms with van der Waals surface area (Å²) in [6, 6.07) is 6.41. The SMILES string of the molecule is O=Cc1cc(-c2cc(F)c(F)cc2Cl)ccc1Cl. The van der Waals surface area contributed by atoms with Gasteiger partial charge in [0.25, 0.3) is 0 Å². The third-order valence-corrected chi connectivity index (χ3v) is 3.10. The summed E-state index contributed by atoms with van der Waals surface area (Å²) in [6.45, 7) is 0. The second kappa shape index (κ2) is 5.04. The smallest absolute Gasteiger partial charge is 0.160 e. The summed E-state index contributed by atoms with van der Waals surface area (Å²) in [5, 5.41) is 0.348. The standard InChI is InChI=1S/C13H6Cl2F2O/c14-10-2-1-7(3-8(10)6-18)9-4-12(16)13(17)5-11(9)15/h1-6H. The van der Waals surface area contributed by atoms with Gasteiger partial charge in [-0.2, -0.15) is 0 Å². The van der Waals surface area contributed by atoms with Crippen molar-refractivity contribution in [3.8, 4) is 11.1 Å². The topological polar surface area (TPSA) is 17.1 Å². The van der Waals surface area contributed by atoms with Crippen LogP contribution in [0.25, 0.3) is 11.1 Å². The van der Waals surface area contributed by atoms with Crippen LogP contribution in [0.1, 0.15) is 10.4 Å². The predicted molar refractivity (Wildman–Crippen MR) is 67.2 cm³/mol. The number of benzene rings is 2. The van der Waals surface area contributed by atoms with Gasteiger partial charge in [-0.25, -0.2) is 8.78 Å².